The van der Waals surface area contributed by atoms with Crippen molar-refractivity contribution in [2.45, 2.75) is 20.3 Å². The first-order valence-corrected chi connectivity index (χ1v) is 4.32. The lowest BCUT2D eigenvalue weighted by molar-refractivity contribution is -0.116. The van der Waals surface area contributed by atoms with Crippen LogP contribution in [0.4, 0.5) is 5.82 Å². The number of amides is 1. The summed E-state index contributed by atoms with van der Waals surface area (Å²) in [5, 5.41) is 5.41. The molecule has 0 fully saturated rings. The number of carbonyl (C=O) groups excluding carboxylic acids is 1. The van der Waals surface area contributed by atoms with Crippen molar-refractivity contribution in [3.05, 3.63) is 18.1 Å². The Balaban J connectivity index is 2.36. The molecule has 2 rings (SSSR count). The average Bonchev–Trinajstić information content (AvgIpc) is 2.45. The number of aromatic nitrogens is 2. The van der Waals surface area contributed by atoms with Gasteiger partial charge in [-0.05, 0) is 13.8 Å². The van der Waals surface area contributed by atoms with Crippen molar-refractivity contribution in [1.29, 1.82) is 0 Å². The minimum Gasteiger partial charge on any atom is -0.272 e. The molecule has 14 heavy (non-hydrogen) atoms. The van der Waals surface area contributed by atoms with Crippen LogP contribution in [0.15, 0.2) is 17.5 Å². The maximum atomic E-state index is 11.4. The number of rotatable bonds is 1. The molecule has 1 amide bonds. The molecule has 5 heteroatoms. The summed E-state index contributed by atoms with van der Waals surface area (Å²) >= 11 is 0. The zero-order chi connectivity index (χ0) is 10.1. The van der Waals surface area contributed by atoms with E-state index in [0.717, 1.165) is 11.4 Å². The molecule has 0 saturated heterocycles. The number of hydrazone groups is 1. The maximum Gasteiger partial charge on any atom is 0.254 e. The quantitative estimate of drug-likeness (QED) is 0.661. The molecule has 5 nitrogen and oxygen atoms in total. The summed E-state index contributed by atoms with van der Waals surface area (Å²) in [6.07, 6.45) is 1.81. The van der Waals surface area contributed by atoms with Gasteiger partial charge in [0.15, 0.2) is 5.82 Å². The summed E-state index contributed by atoms with van der Waals surface area (Å²) in [5.41, 5.74) is 1.63. The van der Waals surface area contributed by atoms with Crippen molar-refractivity contribution >= 4 is 17.4 Å². The smallest absolute Gasteiger partial charge is 0.254 e. The van der Waals surface area contributed by atoms with E-state index in [1.807, 2.05) is 13.8 Å². The van der Waals surface area contributed by atoms with Gasteiger partial charge in [-0.2, -0.15) is 10.1 Å². The molecule has 1 aromatic heterocycles. The van der Waals surface area contributed by atoms with Gasteiger partial charge in [-0.25, -0.2) is 9.97 Å². The number of carbonyl (C=O) groups is 1. The highest BCUT2D eigenvalue weighted by Crippen LogP contribution is 2.17. The van der Waals surface area contributed by atoms with E-state index in [-0.39, 0.29) is 5.91 Å². The molecule has 2 heterocycles. The lowest BCUT2D eigenvalue weighted by Crippen LogP contribution is -2.20. The summed E-state index contributed by atoms with van der Waals surface area (Å²) in [6.45, 7) is 3.67. The second-order valence-corrected chi connectivity index (χ2v) is 3.24. The van der Waals surface area contributed by atoms with Crippen molar-refractivity contribution in [1.82, 2.24) is 9.97 Å². The molecule has 0 spiro atoms. The number of anilines is 1. The first kappa shape index (κ1) is 8.80. The minimum absolute atomic E-state index is 0.0411. The second kappa shape index (κ2) is 3.17. The largest absolute Gasteiger partial charge is 0.272 e. The van der Waals surface area contributed by atoms with Crippen LogP contribution in [0.1, 0.15) is 19.0 Å². The van der Waals surface area contributed by atoms with Crippen molar-refractivity contribution in [3.63, 3.8) is 0 Å². The predicted molar refractivity (Wildman–Crippen MR) is 52.0 cm³/mol. The van der Waals surface area contributed by atoms with Gasteiger partial charge in [0.1, 0.15) is 6.33 Å². The molecule has 0 radical (unpaired) electrons. The van der Waals surface area contributed by atoms with E-state index in [9.17, 15) is 4.79 Å². The van der Waals surface area contributed by atoms with Crippen molar-refractivity contribution in [2.75, 3.05) is 5.01 Å². The van der Waals surface area contributed by atoms with Gasteiger partial charge in [0.05, 0.1) is 6.42 Å². The Hall–Kier alpha value is -1.78. The lowest BCUT2D eigenvalue weighted by atomic mass is 10.3. The van der Waals surface area contributed by atoms with Gasteiger partial charge < -0.3 is 0 Å². The van der Waals surface area contributed by atoms with Crippen LogP contribution in [0.25, 0.3) is 0 Å². The number of aryl methyl sites for hydroxylation is 1. The molecular formula is C9H10N4O. The van der Waals surface area contributed by atoms with E-state index in [0.29, 0.717) is 12.2 Å². The fourth-order valence-electron chi connectivity index (χ4n) is 1.29. The molecule has 0 aliphatic carbocycles. The number of nitrogens with zero attached hydrogens (tertiary/aromatic N) is 4. The van der Waals surface area contributed by atoms with Gasteiger partial charge in [0, 0.05) is 17.5 Å². The fraction of sp³-hybridized carbons (Fsp3) is 0.333. The summed E-state index contributed by atoms with van der Waals surface area (Å²) in [6, 6.07) is 1.74. The molecule has 1 aliphatic heterocycles. The zero-order valence-corrected chi connectivity index (χ0v) is 8.06. The highest BCUT2D eigenvalue weighted by Gasteiger charge is 2.23. The van der Waals surface area contributed by atoms with Crippen LogP contribution in [-0.4, -0.2) is 21.6 Å². The van der Waals surface area contributed by atoms with Crippen LogP contribution in [0, 0.1) is 6.92 Å². The van der Waals surface area contributed by atoms with Crippen molar-refractivity contribution in [3.8, 4) is 0 Å². The van der Waals surface area contributed by atoms with E-state index in [2.05, 4.69) is 15.1 Å². The van der Waals surface area contributed by atoms with E-state index in [4.69, 9.17) is 0 Å². The highest BCUT2D eigenvalue weighted by atomic mass is 16.2. The molecule has 1 aliphatic rings. The second-order valence-electron chi connectivity index (χ2n) is 3.24. The topological polar surface area (TPSA) is 58.5 Å². The normalized spacial score (nSPS) is 16.0. The molecule has 0 unspecified atom stereocenters. The molecule has 72 valence electrons. The molecule has 0 N–H and O–H groups in total. The highest BCUT2D eigenvalue weighted by molar-refractivity contribution is 6.11. The third-order valence-electron chi connectivity index (χ3n) is 1.92. The summed E-state index contributed by atoms with van der Waals surface area (Å²) in [7, 11) is 0. The van der Waals surface area contributed by atoms with Gasteiger partial charge in [-0.1, -0.05) is 0 Å². The molecule has 0 atom stereocenters. The third kappa shape index (κ3) is 1.48. The SMILES string of the molecule is CC1=NN(c2cc(C)ncn2)C(=O)C1. The van der Waals surface area contributed by atoms with Crippen molar-refractivity contribution < 1.29 is 4.79 Å². The molecule has 0 bridgehead atoms. The third-order valence-corrected chi connectivity index (χ3v) is 1.92. The summed E-state index contributed by atoms with van der Waals surface area (Å²) in [4.78, 5) is 19.4. The first-order chi connectivity index (χ1) is 6.66. The number of hydrogen-bond donors (Lipinski definition) is 0. The average molecular weight is 190 g/mol. The van der Waals surface area contributed by atoms with Gasteiger partial charge in [0.25, 0.3) is 5.91 Å². The monoisotopic (exact) mass is 190 g/mol. The Morgan fingerprint density at radius 2 is 2.14 bits per heavy atom. The Labute approximate surface area is 81.5 Å². The van der Waals surface area contributed by atoms with Crippen LogP contribution in [-0.2, 0) is 4.79 Å². The predicted octanol–water partition coefficient (Wildman–Crippen LogP) is 0.898. The van der Waals surface area contributed by atoms with Gasteiger partial charge in [-0.3, -0.25) is 4.79 Å². The molecule has 1 aromatic rings. The fourth-order valence-corrected chi connectivity index (χ4v) is 1.29. The molecular weight excluding hydrogens is 180 g/mol. The first-order valence-electron chi connectivity index (χ1n) is 4.32. The van der Waals surface area contributed by atoms with Gasteiger partial charge in [-0.15, -0.1) is 0 Å². The van der Waals surface area contributed by atoms with E-state index in [1.54, 1.807) is 6.07 Å². The van der Waals surface area contributed by atoms with E-state index < -0.39 is 0 Å². The Morgan fingerprint density at radius 3 is 2.71 bits per heavy atom. The van der Waals surface area contributed by atoms with Gasteiger partial charge in [0.2, 0.25) is 0 Å². The summed E-state index contributed by atoms with van der Waals surface area (Å²) in [5.74, 6) is 0.500. The van der Waals surface area contributed by atoms with Crippen LogP contribution in [0.3, 0.4) is 0 Å². The lowest BCUT2D eigenvalue weighted by Gasteiger charge is -2.09. The molecule has 0 aromatic carbocycles. The van der Waals surface area contributed by atoms with Crippen LogP contribution < -0.4 is 5.01 Å². The van der Waals surface area contributed by atoms with Crippen LogP contribution in [0.5, 0.6) is 0 Å². The van der Waals surface area contributed by atoms with Crippen LogP contribution in [0.2, 0.25) is 0 Å². The maximum absolute atomic E-state index is 11.4. The van der Waals surface area contributed by atoms with Crippen molar-refractivity contribution in [2.24, 2.45) is 5.10 Å². The number of hydrogen-bond acceptors (Lipinski definition) is 4. The Morgan fingerprint density at radius 1 is 1.36 bits per heavy atom. The Kier molecular flexibility index (Phi) is 1.99. The van der Waals surface area contributed by atoms with E-state index >= 15 is 0 Å². The minimum atomic E-state index is -0.0411. The van der Waals surface area contributed by atoms with Gasteiger partial charge >= 0.3 is 0 Å². The standard InChI is InChI=1S/C9H10N4O/c1-6-3-8(11-5-10-6)13-9(14)4-7(2)12-13/h3,5H,4H2,1-2H3. The van der Waals surface area contributed by atoms with E-state index in [1.165, 1.54) is 11.3 Å². The van der Waals surface area contributed by atoms with Crippen LogP contribution >= 0.6 is 0 Å². The summed E-state index contributed by atoms with van der Waals surface area (Å²) < 4.78 is 0. The zero-order valence-electron chi connectivity index (χ0n) is 8.06. The molecule has 0 saturated carbocycles. The Bertz CT molecular complexity index is 413.